The van der Waals surface area contributed by atoms with Gasteiger partial charge in [-0.15, -0.1) is 0 Å². The van der Waals surface area contributed by atoms with Gasteiger partial charge in [0.2, 0.25) is 0 Å². The third-order valence-corrected chi connectivity index (χ3v) is 7.82. The molecule has 1 nitrogen and oxygen atoms in total. The molecule has 0 radical (unpaired) electrons. The number of hydrogen-bond donors (Lipinski definition) is 0. The lowest BCUT2D eigenvalue weighted by Gasteiger charge is -2.39. The van der Waals surface area contributed by atoms with E-state index in [2.05, 4.69) is 41.5 Å². The zero-order valence-corrected chi connectivity index (χ0v) is 13.3. The third-order valence-electron chi connectivity index (χ3n) is 3.27. The molecule has 0 atom stereocenters. The van der Waals surface area contributed by atoms with Gasteiger partial charge in [0.1, 0.15) is 7.14 Å². The minimum atomic E-state index is -2.43. The molecular weight excluding hydrogens is 239 g/mol. The molecule has 0 heterocycles. The van der Waals surface area contributed by atoms with Crippen molar-refractivity contribution in [3.05, 3.63) is 41.7 Å². The molecular formula is C16H25OP. The van der Waals surface area contributed by atoms with Gasteiger partial charge in [0.05, 0.1) is 0 Å². The fraction of sp³-hybridized carbons (Fsp3) is 0.500. The molecule has 2 heteroatoms. The zero-order chi connectivity index (χ0) is 14.0. The summed E-state index contributed by atoms with van der Waals surface area (Å²) in [5.74, 6) is 1.95. The largest absolute Gasteiger partial charge is 0.318 e. The van der Waals surface area contributed by atoms with Gasteiger partial charge >= 0.3 is 0 Å². The summed E-state index contributed by atoms with van der Waals surface area (Å²) in [7, 11) is -2.43. The topological polar surface area (TPSA) is 17.1 Å². The van der Waals surface area contributed by atoms with Crippen molar-refractivity contribution in [1.82, 2.24) is 0 Å². The van der Waals surface area contributed by atoms with Gasteiger partial charge in [0, 0.05) is 10.3 Å². The second-order valence-corrected chi connectivity index (χ2v) is 11.0. The van der Waals surface area contributed by atoms with Gasteiger partial charge in [-0.3, -0.25) is 0 Å². The van der Waals surface area contributed by atoms with E-state index < -0.39 is 7.14 Å². The lowest BCUT2D eigenvalue weighted by molar-refractivity contribution is 0.527. The molecule has 1 aromatic carbocycles. The lowest BCUT2D eigenvalue weighted by atomic mass is 10.2. The summed E-state index contributed by atoms with van der Waals surface area (Å²) in [5.41, 5.74) is 1.10. The Hall–Kier alpha value is -0.810. The highest BCUT2D eigenvalue weighted by molar-refractivity contribution is 7.70. The summed E-state index contributed by atoms with van der Waals surface area (Å²) in [6.07, 6.45) is 2.00. The van der Waals surface area contributed by atoms with Gasteiger partial charge < -0.3 is 4.57 Å². The Kier molecular flexibility index (Phi) is 4.28. The van der Waals surface area contributed by atoms with Crippen LogP contribution in [-0.4, -0.2) is 10.3 Å². The second-order valence-electron chi connectivity index (χ2n) is 6.73. The summed E-state index contributed by atoms with van der Waals surface area (Å²) in [6.45, 7) is 12.4. The monoisotopic (exact) mass is 264 g/mol. The highest BCUT2D eigenvalue weighted by atomic mass is 31.2. The summed E-state index contributed by atoms with van der Waals surface area (Å²) in [5, 5.41) is -0.424. The molecule has 0 N–H and O–H groups in total. The number of hydrogen-bond acceptors (Lipinski definition) is 1. The molecule has 0 unspecified atom stereocenters. The average Bonchev–Trinajstić information content (AvgIpc) is 2.24. The van der Waals surface area contributed by atoms with E-state index in [9.17, 15) is 4.57 Å². The first-order chi connectivity index (χ1) is 8.08. The molecule has 0 saturated carbocycles. The minimum Gasteiger partial charge on any atom is -0.318 e. The van der Waals surface area contributed by atoms with Gasteiger partial charge in [0.25, 0.3) is 0 Å². The Bertz CT molecular complexity index is 440. The van der Waals surface area contributed by atoms with E-state index in [-0.39, 0.29) is 10.3 Å². The van der Waals surface area contributed by atoms with E-state index in [1.165, 1.54) is 0 Å². The second kappa shape index (κ2) is 5.05. The van der Waals surface area contributed by atoms with Gasteiger partial charge in [-0.1, -0.05) is 78.0 Å². The predicted octanol–water partition coefficient (Wildman–Crippen LogP) is 5.62. The minimum absolute atomic E-state index is 0.212. The van der Waals surface area contributed by atoms with Crippen molar-refractivity contribution in [2.75, 3.05) is 0 Å². The van der Waals surface area contributed by atoms with E-state index in [1.807, 2.05) is 42.2 Å². The molecule has 0 spiro atoms. The van der Waals surface area contributed by atoms with E-state index >= 15 is 0 Å². The van der Waals surface area contributed by atoms with Crippen LogP contribution in [0.15, 0.2) is 36.1 Å². The normalized spacial score (nSPS) is 14.1. The highest BCUT2D eigenvalue weighted by Crippen LogP contribution is 2.68. The van der Waals surface area contributed by atoms with Gasteiger partial charge in [-0.25, -0.2) is 0 Å². The Morgan fingerprint density at radius 2 is 1.33 bits per heavy atom. The quantitative estimate of drug-likeness (QED) is 0.634. The molecule has 0 aliphatic heterocycles. The van der Waals surface area contributed by atoms with Gasteiger partial charge in [-0.05, 0) is 11.4 Å². The van der Waals surface area contributed by atoms with E-state index in [4.69, 9.17) is 0 Å². The van der Waals surface area contributed by atoms with Crippen LogP contribution in [0, 0.1) is 0 Å². The summed E-state index contributed by atoms with van der Waals surface area (Å²) >= 11 is 0. The highest BCUT2D eigenvalue weighted by Gasteiger charge is 2.43. The molecule has 0 saturated heterocycles. The molecule has 1 aromatic rings. The van der Waals surface area contributed by atoms with Crippen LogP contribution in [0.3, 0.4) is 0 Å². The molecule has 100 valence electrons. The average molecular weight is 264 g/mol. The van der Waals surface area contributed by atoms with Crippen molar-refractivity contribution in [2.45, 2.75) is 51.9 Å². The van der Waals surface area contributed by atoms with E-state index in [1.54, 1.807) is 0 Å². The van der Waals surface area contributed by atoms with Crippen molar-refractivity contribution in [3.63, 3.8) is 0 Å². The Balaban J connectivity index is 3.17. The number of rotatable bonds is 2. The fourth-order valence-corrected chi connectivity index (χ4v) is 5.50. The van der Waals surface area contributed by atoms with Crippen LogP contribution in [0.25, 0.3) is 6.08 Å². The molecule has 0 aromatic heterocycles. The molecule has 0 bridgehead atoms. The third kappa shape index (κ3) is 3.14. The first-order valence-corrected chi connectivity index (χ1v) is 8.20. The molecule has 0 aliphatic rings. The lowest BCUT2D eigenvalue weighted by Crippen LogP contribution is -2.27. The van der Waals surface area contributed by atoms with Crippen LogP contribution in [0.1, 0.15) is 47.1 Å². The van der Waals surface area contributed by atoms with Crippen molar-refractivity contribution >= 4 is 13.2 Å². The predicted molar refractivity (Wildman–Crippen MR) is 82.6 cm³/mol. The van der Waals surface area contributed by atoms with Crippen LogP contribution in [0.2, 0.25) is 0 Å². The first-order valence-electron chi connectivity index (χ1n) is 6.42. The summed E-state index contributed by atoms with van der Waals surface area (Å²) < 4.78 is 13.3. The molecule has 18 heavy (non-hydrogen) atoms. The molecule has 1 rings (SSSR count). The Morgan fingerprint density at radius 3 is 1.72 bits per heavy atom. The zero-order valence-electron chi connectivity index (χ0n) is 12.4. The fourth-order valence-electron chi connectivity index (χ4n) is 2.21. The van der Waals surface area contributed by atoms with Crippen molar-refractivity contribution in [3.8, 4) is 0 Å². The molecule has 0 fully saturated rings. The number of benzene rings is 1. The maximum absolute atomic E-state index is 13.3. The smallest absolute Gasteiger partial charge is 0.118 e. The maximum atomic E-state index is 13.3. The van der Waals surface area contributed by atoms with Crippen LogP contribution in [0.5, 0.6) is 0 Å². The van der Waals surface area contributed by atoms with E-state index in [0.29, 0.717) is 0 Å². The standard InChI is InChI=1S/C16H25OP/c1-15(2,3)18(17,16(4,5)6)13-12-14-10-8-7-9-11-14/h7-13H,1-6H3. The summed E-state index contributed by atoms with van der Waals surface area (Å²) in [6, 6.07) is 10.1. The van der Waals surface area contributed by atoms with Crippen molar-refractivity contribution in [1.29, 1.82) is 0 Å². The first kappa shape index (κ1) is 15.2. The van der Waals surface area contributed by atoms with Crippen LogP contribution in [0.4, 0.5) is 0 Å². The SMILES string of the molecule is CC(C)(C)P(=O)(C=Cc1ccccc1)C(C)(C)C. The Morgan fingerprint density at radius 1 is 0.889 bits per heavy atom. The molecule has 0 amide bonds. The van der Waals surface area contributed by atoms with Crippen molar-refractivity contribution in [2.24, 2.45) is 0 Å². The van der Waals surface area contributed by atoms with Crippen LogP contribution >= 0.6 is 7.14 Å². The van der Waals surface area contributed by atoms with Gasteiger partial charge in [0.15, 0.2) is 0 Å². The maximum Gasteiger partial charge on any atom is 0.118 e. The van der Waals surface area contributed by atoms with Crippen molar-refractivity contribution < 1.29 is 4.57 Å². The van der Waals surface area contributed by atoms with Crippen LogP contribution < -0.4 is 0 Å². The Labute approximate surface area is 112 Å². The van der Waals surface area contributed by atoms with E-state index in [0.717, 1.165) is 5.56 Å². The van der Waals surface area contributed by atoms with Gasteiger partial charge in [-0.2, -0.15) is 0 Å². The summed E-state index contributed by atoms with van der Waals surface area (Å²) in [4.78, 5) is 0. The molecule has 0 aliphatic carbocycles. The van der Waals surface area contributed by atoms with Crippen LogP contribution in [-0.2, 0) is 4.57 Å².